The summed E-state index contributed by atoms with van der Waals surface area (Å²) in [7, 11) is 1.78. The number of piperidine rings is 1. The monoisotopic (exact) mass is 218 g/mol. The first kappa shape index (κ1) is 10.2. The molecule has 2 N–H and O–H groups in total. The van der Waals surface area contributed by atoms with Gasteiger partial charge in [-0.25, -0.2) is 0 Å². The summed E-state index contributed by atoms with van der Waals surface area (Å²) in [4.78, 5) is 0. The molecule has 1 aromatic carbocycles. The fourth-order valence-corrected chi connectivity index (χ4v) is 3.37. The van der Waals surface area contributed by atoms with Gasteiger partial charge in [-0.2, -0.15) is 0 Å². The van der Waals surface area contributed by atoms with Crippen LogP contribution in [0.15, 0.2) is 18.2 Å². The molecule has 2 nitrogen and oxygen atoms in total. The number of methoxy groups -OCH3 is 1. The Labute approximate surface area is 97.0 Å². The highest BCUT2D eigenvalue weighted by atomic mass is 16.5. The summed E-state index contributed by atoms with van der Waals surface area (Å²) < 4.78 is 5.48. The van der Waals surface area contributed by atoms with E-state index in [4.69, 9.17) is 4.74 Å². The number of rotatable bonds is 1. The fraction of sp³-hybridized carbons (Fsp3) is 0.571. The molecule has 0 saturated carbocycles. The average Bonchev–Trinajstić information content (AvgIpc) is 2.35. The molecule has 1 aliphatic heterocycles. The minimum Gasteiger partial charge on any atom is -0.496 e. The van der Waals surface area contributed by atoms with Crippen LogP contribution in [0.4, 0.5) is 0 Å². The molecule has 0 unspecified atom stereocenters. The van der Waals surface area contributed by atoms with Gasteiger partial charge in [0, 0.05) is 17.9 Å². The van der Waals surface area contributed by atoms with Crippen molar-refractivity contribution in [1.29, 1.82) is 0 Å². The maximum absolute atomic E-state index is 5.48. The predicted octanol–water partition coefficient (Wildman–Crippen LogP) is 1.14. The molecule has 1 heterocycles. The standard InChI is InChI=1S/C14H19NO/c1-16-14-6-2-4-10-8-11-5-3-7-15-13(11)9-12(10)14/h2,4,6,11,13,15H,3,5,7-9H2,1H3/p+1/t11-,13-/m0/s1. The Bertz CT molecular complexity index is 388. The molecule has 0 radical (unpaired) electrons. The van der Waals surface area contributed by atoms with E-state index >= 15 is 0 Å². The van der Waals surface area contributed by atoms with Crippen LogP contribution in [0, 0.1) is 5.92 Å². The first-order valence-corrected chi connectivity index (χ1v) is 6.36. The van der Waals surface area contributed by atoms with Crippen LogP contribution in [0.2, 0.25) is 0 Å². The van der Waals surface area contributed by atoms with Crippen LogP contribution < -0.4 is 10.1 Å². The van der Waals surface area contributed by atoms with Crippen molar-refractivity contribution in [3.8, 4) is 5.75 Å². The van der Waals surface area contributed by atoms with E-state index in [0.717, 1.165) is 17.7 Å². The second kappa shape index (κ2) is 4.10. The van der Waals surface area contributed by atoms with E-state index in [2.05, 4.69) is 23.5 Å². The Kier molecular flexibility index (Phi) is 2.60. The molecule has 0 spiro atoms. The molecule has 2 aliphatic rings. The second-order valence-electron chi connectivity index (χ2n) is 5.10. The lowest BCUT2D eigenvalue weighted by Crippen LogP contribution is -2.94. The maximum Gasteiger partial charge on any atom is 0.122 e. The van der Waals surface area contributed by atoms with Gasteiger partial charge >= 0.3 is 0 Å². The van der Waals surface area contributed by atoms with Gasteiger partial charge in [-0.1, -0.05) is 12.1 Å². The van der Waals surface area contributed by atoms with Gasteiger partial charge < -0.3 is 10.1 Å². The number of benzene rings is 1. The smallest absolute Gasteiger partial charge is 0.122 e. The molecule has 3 rings (SSSR count). The molecule has 16 heavy (non-hydrogen) atoms. The minimum atomic E-state index is 0.803. The third-order valence-electron chi connectivity index (χ3n) is 4.23. The quantitative estimate of drug-likeness (QED) is 0.751. The molecule has 0 bridgehead atoms. The molecule has 0 aromatic heterocycles. The van der Waals surface area contributed by atoms with Gasteiger partial charge in [-0.3, -0.25) is 0 Å². The van der Waals surface area contributed by atoms with Gasteiger partial charge in [-0.05, 0) is 30.9 Å². The summed E-state index contributed by atoms with van der Waals surface area (Å²) in [6, 6.07) is 7.31. The molecule has 1 aromatic rings. The van der Waals surface area contributed by atoms with Crippen LogP contribution in [-0.4, -0.2) is 19.7 Å². The number of quaternary nitrogens is 1. The topological polar surface area (TPSA) is 25.8 Å². The van der Waals surface area contributed by atoms with Gasteiger partial charge in [0.2, 0.25) is 0 Å². The third kappa shape index (κ3) is 1.61. The van der Waals surface area contributed by atoms with Crippen molar-refractivity contribution in [3.63, 3.8) is 0 Å². The van der Waals surface area contributed by atoms with Crippen LogP contribution in [0.1, 0.15) is 24.0 Å². The zero-order valence-corrected chi connectivity index (χ0v) is 9.91. The Balaban J connectivity index is 1.95. The summed E-state index contributed by atoms with van der Waals surface area (Å²) in [6.07, 6.45) is 5.26. The molecule has 1 saturated heterocycles. The average molecular weight is 218 g/mol. The largest absolute Gasteiger partial charge is 0.496 e. The summed E-state index contributed by atoms with van der Waals surface area (Å²) in [5.41, 5.74) is 2.99. The second-order valence-corrected chi connectivity index (χ2v) is 5.10. The van der Waals surface area contributed by atoms with Gasteiger partial charge in [0.25, 0.3) is 0 Å². The highest BCUT2D eigenvalue weighted by Gasteiger charge is 2.34. The number of hydrogen-bond acceptors (Lipinski definition) is 1. The first-order chi connectivity index (χ1) is 7.88. The molecule has 1 fully saturated rings. The number of nitrogens with two attached hydrogens (primary N) is 1. The Hall–Kier alpha value is -1.02. The number of fused-ring (bicyclic) bond motifs is 2. The van der Waals surface area contributed by atoms with E-state index in [-0.39, 0.29) is 0 Å². The van der Waals surface area contributed by atoms with Crippen molar-refractivity contribution >= 4 is 0 Å². The predicted molar refractivity (Wildman–Crippen MR) is 63.7 cm³/mol. The highest BCUT2D eigenvalue weighted by molar-refractivity contribution is 5.42. The van der Waals surface area contributed by atoms with E-state index in [1.165, 1.54) is 43.4 Å². The van der Waals surface area contributed by atoms with E-state index in [1.54, 1.807) is 7.11 Å². The summed E-state index contributed by atoms with van der Waals surface area (Å²) in [5, 5.41) is 2.55. The van der Waals surface area contributed by atoms with Crippen LogP contribution in [-0.2, 0) is 12.8 Å². The van der Waals surface area contributed by atoms with Crippen LogP contribution in [0.3, 0.4) is 0 Å². The molecular weight excluding hydrogens is 198 g/mol. The molecular formula is C14H20NO+. The fourth-order valence-electron chi connectivity index (χ4n) is 3.37. The van der Waals surface area contributed by atoms with Gasteiger partial charge in [0.1, 0.15) is 5.75 Å². The number of hydrogen-bond donors (Lipinski definition) is 1. The normalized spacial score (nSPS) is 28.1. The zero-order chi connectivity index (χ0) is 11.0. The zero-order valence-electron chi connectivity index (χ0n) is 9.91. The van der Waals surface area contributed by atoms with Crippen molar-refractivity contribution in [3.05, 3.63) is 29.3 Å². The Morgan fingerprint density at radius 1 is 1.31 bits per heavy atom. The van der Waals surface area contributed by atoms with E-state index in [9.17, 15) is 0 Å². The Morgan fingerprint density at radius 3 is 3.12 bits per heavy atom. The van der Waals surface area contributed by atoms with E-state index in [0.29, 0.717) is 0 Å². The summed E-state index contributed by atoms with van der Waals surface area (Å²) >= 11 is 0. The minimum absolute atomic E-state index is 0.803. The van der Waals surface area contributed by atoms with Crippen LogP contribution in [0.25, 0.3) is 0 Å². The van der Waals surface area contributed by atoms with Gasteiger partial charge in [0.15, 0.2) is 0 Å². The lowest BCUT2D eigenvalue weighted by Gasteiger charge is -2.35. The molecule has 2 heteroatoms. The molecule has 2 atom stereocenters. The molecule has 0 amide bonds. The van der Waals surface area contributed by atoms with E-state index < -0.39 is 0 Å². The summed E-state index contributed by atoms with van der Waals surface area (Å²) in [5.74, 6) is 1.99. The van der Waals surface area contributed by atoms with Crippen molar-refractivity contribution in [1.82, 2.24) is 0 Å². The Morgan fingerprint density at radius 2 is 2.25 bits per heavy atom. The van der Waals surface area contributed by atoms with Crippen molar-refractivity contribution in [2.75, 3.05) is 13.7 Å². The summed E-state index contributed by atoms with van der Waals surface area (Å²) in [6.45, 7) is 1.31. The lowest BCUT2D eigenvalue weighted by molar-refractivity contribution is -0.705. The number of ether oxygens (including phenoxy) is 1. The maximum atomic E-state index is 5.48. The molecule has 1 aliphatic carbocycles. The van der Waals surface area contributed by atoms with E-state index in [1.807, 2.05) is 0 Å². The van der Waals surface area contributed by atoms with Gasteiger partial charge in [-0.15, -0.1) is 0 Å². The van der Waals surface area contributed by atoms with Crippen LogP contribution in [0.5, 0.6) is 5.75 Å². The van der Waals surface area contributed by atoms with Crippen molar-refractivity contribution in [2.24, 2.45) is 5.92 Å². The van der Waals surface area contributed by atoms with Crippen molar-refractivity contribution in [2.45, 2.75) is 31.7 Å². The van der Waals surface area contributed by atoms with Crippen LogP contribution >= 0.6 is 0 Å². The van der Waals surface area contributed by atoms with Gasteiger partial charge in [0.05, 0.1) is 19.7 Å². The van der Waals surface area contributed by atoms with Crippen molar-refractivity contribution < 1.29 is 10.1 Å². The SMILES string of the molecule is COc1cccc2c1C[C@@H]1[NH2+]CCC[C@H]1C2. The highest BCUT2D eigenvalue weighted by Crippen LogP contribution is 2.33. The first-order valence-electron chi connectivity index (χ1n) is 6.36. The lowest BCUT2D eigenvalue weighted by atomic mass is 9.76. The third-order valence-corrected chi connectivity index (χ3v) is 4.23. The molecule has 86 valence electrons.